The van der Waals surface area contributed by atoms with Gasteiger partial charge in [-0.3, -0.25) is 0 Å². The predicted octanol–water partition coefficient (Wildman–Crippen LogP) is 3.96. The summed E-state index contributed by atoms with van der Waals surface area (Å²) < 4.78 is 17.4. The van der Waals surface area contributed by atoms with Crippen LogP contribution in [0.4, 0.5) is 0 Å². The molecular weight excluding hydrogens is 248 g/mol. The van der Waals surface area contributed by atoms with Crippen LogP contribution in [-0.4, -0.2) is 29.5 Å². The van der Waals surface area contributed by atoms with Gasteiger partial charge in [-0.25, -0.2) is 0 Å². The van der Waals surface area contributed by atoms with Crippen LogP contribution in [0.5, 0.6) is 0 Å². The molecule has 1 unspecified atom stereocenters. The minimum Gasteiger partial charge on any atom is -0.550 e. The zero-order chi connectivity index (χ0) is 13.7. The van der Waals surface area contributed by atoms with Crippen LogP contribution in [0.3, 0.4) is 0 Å². The Morgan fingerprint density at radius 1 is 1.06 bits per heavy atom. The van der Waals surface area contributed by atoms with E-state index >= 15 is 0 Å². The average molecular weight is 277 g/mol. The Hall–Kier alpha value is -0.106. The van der Waals surface area contributed by atoms with E-state index in [2.05, 4.69) is 39.3 Å². The van der Waals surface area contributed by atoms with Gasteiger partial charge >= 0.3 is 0 Å². The van der Waals surface area contributed by atoms with E-state index in [0.717, 1.165) is 5.57 Å². The Morgan fingerprint density at radius 2 is 1.59 bits per heavy atom. The van der Waals surface area contributed by atoms with Crippen LogP contribution in [0.2, 0.25) is 39.3 Å². The van der Waals surface area contributed by atoms with Gasteiger partial charge in [0.1, 0.15) is 0 Å². The highest BCUT2D eigenvalue weighted by Gasteiger charge is 2.23. The molecule has 0 aliphatic heterocycles. The summed E-state index contributed by atoms with van der Waals surface area (Å²) in [6.45, 7) is 17.6. The predicted molar refractivity (Wildman–Crippen MR) is 78.0 cm³/mol. The number of hydrogen-bond donors (Lipinski definition) is 0. The third kappa shape index (κ3) is 9.58. The molecular formula is C12H28O3Si2. The highest BCUT2D eigenvalue weighted by atomic mass is 28.4. The first kappa shape index (κ1) is 16.9. The van der Waals surface area contributed by atoms with E-state index < -0.39 is 16.6 Å². The van der Waals surface area contributed by atoms with Gasteiger partial charge in [0.25, 0.3) is 0 Å². The molecule has 102 valence electrons. The average Bonchev–Trinajstić information content (AvgIpc) is 2.10. The first-order chi connectivity index (χ1) is 7.55. The number of hydrogen-bond acceptors (Lipinski definition) is 3. The molecule has 0 spiro atoms. The van der Waals surface area contributed by atoms with Crippen molar-refractivity contribution < 1.29 is 13.6 Å². The fraction of sp³-hybridized carbons (Fsp3) is 0.833. The van der Waals surface area contributed by atoms with Crippen molar-refractivity contribution in [3.63, 3.8) is 0 Å². The molecule has 17 heavy (non-hydrogen) atoms. The summed E-state index contributed by atoms with van der Waals surface area (Å²) in [5, 5.41) is 0. The van der Waals surface area contributed by atoms with Gasteiger partial charge in [-0.1, -0.05) is 0 Å². The lowest BCUT2D eigenvalue weighted by Crippen LogP contribution is -2.34. The van der Waals surface area contributed by atoms with Crippen molar-refractivity contribution in [2.45, 2.75) is 59.4 Å². The first-order valence-corrected chi connectivity index (χ1v) is 13.0. The zero-order valence-corrected chi connectivity index (χ0v) is 14.6. The molecule has 0 heterocycles. The molecule has 3 nitrogen and oxygen atoms in total. The van der Waals surface area contributed by atoms with Crippen LogP contribution in [0.1, 0.15) is 13.8 Å². The van der Waals surface area contributed by atoms with Crippen molar-refractivity contribution in [1.29, 1.82) is 0 Å². The molecule has 0 aromatic rings. The van der Waals surface area contributed by atoms with Gasteiger partial charge in [0.2, 0.25) is 8.32 Å². The molecule has 0 aromatic carbocycles. The highest BCUT2D eigenvalue weighted by molar-refractivity contribution is 6.70. The summed E-state index contributed by atoms with van der Waals surface area (Å²) in [5.41, 5.74) is 1.01. The van der Waals surface area contributed by atoms with Crippen LogP contribution in [-0.2, 0) is 13.6 Å². The van der Waals surface area contributed by atoms with Gasteiger partial charge < -0.3 is 13.6 Å². The largest absolute Gasteiger partial charge is 0.550 e. The maximum Gasteiger partial charge on any atom is 0.241 e. The maximum atomic E-state index is 5.99. The SMILES string of the molecule is CCOC(O[Si](C)(C)C)C(C)=CO[Si](C)(C)C. The topological polar surface area (TPSA) is 27.7 Å². The van der Waals surface area contributed by atoms with Crippen LogP contribution in [0, 0.1) is 0 Å². The smallest absolute Gasteiger partial charge is 0.241 e. The van der Waals surface area contributed by atoms with E-state index in [-0.39, 0.29) is 6.29 Å². The van der Waals surface area contributed by atoms with Crippen LogP contribution in [0.25, 0.3) is 0 Å². The first-order valence-electron chi connectivity index (χ1n) is 6.19. The number of ether oxygens (including phenoxy) is 1. The zero-order valence-electron chi connectivity index (χ0n) is 12.6. The minimum atomic E-state index is -1.61. The van der Waals surface area contributed by atoms with Crippen molar-refractivity contribution in [3.05, 3.63) is 11.8 Å². The molecule has 0 aromatic heterocycles. The van der Waals surface area contributed by atoms with Crippen molar-refractivity contribution >= 4 is 16.6 Å². The molecule has 0 aliphatic carbocycles. The highest BCUT2D eigenvalue weighted by Crippen LogP contribution is 2.16. The van der Waals surface area contributed by atoms with Gasteiger partial charge in [0.05, 0.1) is 6.26 Å². The molecule has 0 fully saturated rings. The lowest BCUT2D eigenvalue weighted by atomic mass is 10.3. The van der Waals surface area contributed by atoms with Crippen molar-refractivity contribution in [1.82, 2.24) is 0 Å². The third-order valence-corrected chi connectivity index (χ3v) is 3.49. The molecule has 1 atom stereocenters. The van der Waals surface area contributed by atoms with Crippen LogP contribution >= 0.6 is 0 Å². The van der Waals surface area contributed by atoms with Gasteiger partial charge in [-0.05, 0) is 53.1 Å². The second kappa shape index (κ2) is 6.73. The Balaban J connectivity index is 4.59. The molecule has 0 rings (SSSR count). The standard InChI is InChI=1S/C12H28O3Si2/c1-9-13-12(15-17(6,7)8)11(2)10-14-16(3,4)5/h10,12H,9H2,1-8H3. The van der Waals surface area contributed by atoms with Crippen molar-refractivity contribution in [2.75, 3.05) is 6.61 Å². The van der Waals surface area contributed by atoms with Crippen LogP contribution in [0.15, 0.2) is 11.8 Å². The van der Waals surface area contributed by atoms with E-state index in [0.29, 0.717) is 6.61 Å². The molecule has 0 bridgehead atoms. The summed E-state index contributed by atoms with van der Waals surface area (Å²) in [4.78, 5) is 0. The Bertz CT molecular complexity index is 251. The van der Waals surface area contributed by atoms with E-state index in [1.54, 1.807) is 0 Å². The summed E-state index contributed by atoms with van der Waals surface area (Å²) in [7, 11) is -3.13. The van der Waals surface area contributed by atoms with Gasteiger partial charge in [-0.2, -0.15) is 0 Å². The maximum absolute atomic E-state index is 5.99. The molecule has 0 saturated carbocycles. The quantitative estimate of drug-likeness (QED) is 0.400. The molecule has 5 heteroatoms. The summed E-state index contributed by atoms with van der Waals surface area (Å²) >= 11 is 0. The molecule has 0 N–H and O–H groups in total. The molecule has 0 saturated heterocycles. The Labute approximate surface area is 108 Å². The number of rotatable bonds is 7. The summed E-state index contributed by atoms with van der Waals surface area (Å²) in [6.07, 6.45) is 1.55. The van der Waals surface area contributed by atoms with E-state index in [4.69, 9.17) is 13.6 Å². The second-order valence-electron chi connectivity index (χ2n) is 6.11. The van der Waals surface area contributed by atoms with E-state index in [1.807, 2.05) is 20.1 Å². The lowest BCUT2D eigenvalue weighted by Gasteiger charge is -2.27. The minimum absolute atomic E-state index is 0.261. The van der Waals surface area contributed by atoms with Crippen molar-refractivity contribution in [2.24, 2.45) is 0 Å². The summed E-state index contributed by atoms with van der Waals surface area (Å²) in [6, 6.07) is 0. The van der Waals surface area contributed by atoms with E-state index in [9.17, 15) is 0 Å². The van der Waals surface area contributed by atoms with Gasteiger partial charge in [-0.15, -0.1) is 0 Å². The fourth-order valence-corrected chi connectivity index (χ4v) is 2.49. The van der Waals surface area contributed by atoms with Gasteiger partial charge in [0, 0.05) is 12.2 Å². The molecule has 0 radical (unpaired) electrons. The second-order valence-corrected chi connectivity index (χ2v) is 15.0. The van der Waals surface area contributed by atoms with Crippen molar-refractivity contribution in [3.8, 4) is 0 Å². The fourth-order valence-electron chi connectivity index (χ4n) is 1.06. The normalized spacial score (nSPS) is 15.9. The summed E-state index contributed by atoms with van der Waals surface area (Å²) in [5.74, 6) is 0. The van der Waals surface area contributed by atoms with E-state index in [1.165, 1.54) is 0 Å². The lowest BCUT2D eigenvalue weighted by molar-refractivity contribution is -0.0548. The third-order valence-electron chi connectivity index (χ3n) is 1.75. The van der Waals surface area contributed by atoms with Gasteiger partial charge in [0.15, 0.2) is 14.6 Å². The molecule has 0 amide bonds. The Morgan fingerprint density at radius 3 is 1.94 bits per heavy atom. The Kier molecular flexibility index (Phi) is 6.68. The molecule has 0 aliphatic rings. The van der Waals surface area contributed by atoms with Crippen LogP contribution < -0.4 is 0 Å². The monoisotopic (exact) mass is 276 g/mol.